The highest BCUT2D eigenvalue weighted by molar-refractivity contribution is 5.75. The summed E-state index contributed by atoms with van der Waals surface area (Å²) in [6.45, 7) is 2.05. The van der Waals surface area contributed by atoms with E-state index in [1.165, 1.54) is 6.07 Å². The molecule has 1 rings (SSSR count). The van der Waals surface area contributed by atoms with Crippen molar-refractivity contribution in [1.82, 2.24) is 5.32 Å². The molecule has 21 heavy (non-hydrogen) atoms. The number of aliphatic hydroxyl groups excluding tert-OH is 1. The Morgan fingerprint density at radius 2 is 2.14 bits per heavy atom. The van der Waals surface area contributed by atoms with Crippen LogP contribution in [0, 0.1) is 17.7 Å². The Hall–Kier alpha value is -1.86. The summed E-state index contributed by atoms with van der Waals surface area (Å²) in [4.78, 5) is 11.7. The quantitative estimate of drug-likeness (QED) is 0.599. The standard InChI is InChI=1S/C17H22FNO2/c1-2-3-4-5-8-17(21)19-13-15-12-14(7-6-11-20)9-10-16(15)18/h9-10,12,20H,2-5,8,11,13H2,1H3,(H,19,21). The number of rotatable bonds is 7. The summed E-state index contributed by atoms with van der Waals surface area (Å²) in [5.74, 6) is 4.81. The Bertz CT molecular complexity index is 517. The second-order valence-corrected chi connectivity index (χ2v) is 4.85. The molecule has 1 aromatic carbocycles. The van der Waals surface area contributed by atoms with E-state index in [0.717, 1.165) is 25.7 Å². The number of aliphatic hydroxyl groups is 1. The van der Waals surface area contributed by atoms with Crippen molar-refractivity contribution in [2.45, 2.75) is 45.6 Å². The summed E-state index contributed by atoms with van der Waals surface area (Å²) in [7, 11) is 0. The van der Waals surface area contributed by atoms with Crippen LogP contribution in [0.2, 0.25) is 0 Å². The molecule has 4 heteroatoms. The number of benzene rings is 1. The van der Waals surface area contributed by atoms with Crippen LogP contribution in [-0.2, 0) is 11.3 Å². The maximum atomic E-state index is 13.6. The van der Waals surface area contributed by atoms with Crippen molar-refractivity contribution in [3.8, 4) is 11.8 Å². The molecule has 2 N–H and O–H groups in total. The normalized spacial score (nSPS) is 9.86. The summed E-state index contributed by atoms with van der Waals surface area (Å²) in [5.41, 5.74) is 1.03. The van der Waals surface area contributed by atoms with Gasteiger partial charge in [0.25, 0.3) is 0 Å². The average Bonchev–Trinajstić information content (AvgIpc) is 2.49. The molecule has 0 bridgehead atoms. The van der Waals surface area contributed by atoms with Gasteiger partial charge in [-0.1, -0.05) is 38.0 Å². The topological polar surface area (TPSA) is 49.3 Å². The Balaban J connectivity index is 2.48. The van der Waals surface area contributed by atoms with Gasteiger partial charge in [0.05, 0.1) is 0 Å². The second kappa shape index (κ2) is 9.95. The minimum atomic E-state index is -0.365. The monoisotopic (exact) mass is 291 g/mol. The summed E-state index contributed by atoms with van der Waals surface area (Å²) in [6.07, 6.45) is 4.66. The largest absolute Gasteiger partial charge is 0.384 e. The lowest BCUT2D eigenvalue weighted by atomic mass is 10.1. The van der Waals surface area contributed by atoms with Crippen molar-refractivity contribution in [2.75, 3.05) is 6.61 Å². The van der Waals surface area contributed by atoms with E-state index < -0.39 is 0 Å². The van der Waals surface area contributed by atoms with Gasteiger partial charge in [-0.3, -0.25) is 4.79 Å². The zero-order chi connectivity index (χ0) is 15.5. The molecule has 0 unspecified atom stereocenters. The summed E-state index contributed by atoms with van der Waals surface area (Å²) in [6, 6.07) is 4.47. The van der Waals surface area contributed by atoms with E-state index >= 15 is 0 Å². The summed E-state index contributed by atoms with van der Waals surface area (Å²) >= 11 is 0. The van der Waals surface area contributed by atoms with Crippen molar-refractivity contribution < 1.29 is 14.3 Å². The van der Waals surface area contributed by atoms with E-state index in [-0.39, 0.29) is 24.9 Å². The second-order valence-electron chi connectivity index (χ2n) is 4.85. The number of carbonyl (C=O) groups is 1. The highest BCUT2D eigenvalue weighted by atomic mass is 19.1. The van der Waals surface area contributed by atoms with Gasteiger partial charge in [0, 0.05) is 24.1 Å². The smallest absolute Gasteiger partial charge is 0.220 e. The van der Waals surface area contributed by atoms with Crippen molar-refractivity contribution in [3.63, 3.8) is 0 Å². The summed E-state index contributed by atoms with van der Waals surface area (Å²) in [5, 5.41) is 11.4. The third kappa shape index (κ3) is 6.92. The summed E-state index contributed by atoms with van der Waals surface area (Å²) < 4.78 is 13.6. The van der Waals surface area contributed by atoms with E-state index in [1.807, 2.05) is 0 Å². The van der Waals surface area contributed by atoms with Gasteiger partial charge in [-0.05, 0) is 24.6 Å². The van der Waals surface area contributed by atoms with Crippen LogP contribution < -0.4 is 5.32 Å². The number of nitrogens with one attached hydrogen (secondary N) is 1. The first kappa shape index (κ1) is 17.2. The number of unbranched alkanes of at least 4 members (excludes halogenated alkanes) is 3. The Kier molecular flexibility index (Phi) is 8.15. The highest BCUT2D eigenvalue weighted by Crippen LogP contribution is 2.10. The van der Waals surface area contributed by atoms with Gasteiger partial charge in [-0.2, -0.15) is 0 Å². The fraction of sp³-hybridized carbons (Fsp3) is 0.471. The molecule has 0 spiro atoms. The number of amides is 1. The molecule has 0 radical (unpaired) electrons. The van der Waals surface area contributed by atoms with Crippen LogP contribution in [0.1, 0.15) is 50.2 Å². The molecule has 114 valence electrons. The van der Waals surface area contributed by atoms with Crippen LogP contribution in [0.25, 0.3) is 0 Å². The Morgan fingerprint density at radius 1 is 1.33 bits per heavy atom. The molecule has 0 atom stereocenters. The molecule has 0 aliphatic rings. The van der Waals surface area contributed by atoms with Gasteiger partial charge in [0.2, 0.25) is 5.91 Å². The zero-order valence-corrected chi connectivity index (χ0v) is 12.4. The molecule has 0 saturated heterocycles. The first-order valence-corrected chi connectivity index (χ1v) is 7.32. The molecule has 0 fully saturated rings. The first-order chi connectivity index (χ1) is 10.2. The van der Waals surface area contributed by atoms with Gasteiger partial charge < -0.3 is 10.4 Å². The van der Waals surface area contributed by atoms with Crippen molar-refractivity contribution >= 4 is 5.91 Å². The van der Waals surface area contributed by atoms with Gasteiger partial charge in [0.1, 0.15) is 12.4 Å². The van der Waals surface area contributed by atoms with E-state index in [9.17, 15) is 9.18 Å². The molecular weight excluding hydrogens is 269 g/mol. The van der Waals surface area contributed by atoms with Gasteiger partial charge >= 0.3 is 0 Å². The number of halogens is 1. The fourth-order valence-corrected chi connectivity index (χ4v) is 1.92. The van der Waals surface area contributed by atoms with E-state index in [2.05, 4.69) is 24.1 Å². The van der Waals surface area contributed by atoms with E-state index in [1.54, 1.807) is 12.1 Å². The minimum absolute atomic E-state index is 0.0580. The van der Waals surface area contributed by atoms with Gasteiger partial charge in [-0.15, -0.1) is 0 Å². The maximum Gasteiger partial charge on any atom is 0.220 e. The predicted molar refractivity (Wildman–Crippen MR) is 81.0 cm³/mol. The van der Waals surface area contributed by atoms with Gasteiger partial charge in [0.15, 0.2) is 0 Å². The molecule has 1 amide bonds. The van der Waals surface area contributed by atoms with Crippen molar-refractivity contribution in [3.05, 3.63) is 35.1 Å². The average molecular weight is 291 g/mol. The van der Waals surface area contributed by atoms with Crippen LogP contribution >= 0.6 is 0 Å². The van der Waals surface area contributed by atoms with Crippen molar-refractivity contribution in [2.24, 2.45) is 0 Å². The number of hydrogen-bond donors (Lipinski definition) is 2. The highest BCUT2D eigenvalue weighted by Gasteiger charge is 2.06. The molecule has 0 saturated carbocycles. The SMILES string of the molecule is CCCCCCC(=O)NCc1cc(C#CCO)ccc1F. The number of carbonyl (C=O) groups excluding carboxylic acids is 1. The van der Waals surface area contributed by atoms with E-state index in [4.69, 9.17) is 5.11 Å². The molecular formula is C17H22FNO2. The Morgan fingerprint density at radius 3 is 2.86 bits per heavy atom. The molecule has 0 aliphatic heterocycles. The fourth-order valence-electron chi connectivity index (χ4n) is 1.92. The lowest BCUT2D eigenvalue weighted by Gasteiger charge is -2.07. The van der Waals surface area contributed by atoms with Crippen LogP contribution in [-0.4, -0.2) is 17.6 Å². The molecule has 3 nitrogen and oxygen atoms in total. The predicted octanol–water partition coefficient (Wildman–Crippen LogP) is 2.76. The third-order valence-corrected chi connectivity index (χ3v) is 3.09. The minimum Gasteiger partial charge on any atom is -0.384 e. The first-order valence-electron chi connectivity index (χ1n) is 7.32. The van der Waals surface area contributed by atoms with Gasteiger partial charge in [-0.25, -0.2) is 4.39 Å². The maximum absolute atomic E-state index is 13.6. The molecule has 0 aromatic heterocycles. The Labute approximate surface area is 125 Å². The molecule has 0 aliphatic carbocycles. The lowest BCUT2D eigenvalue weighted by Crippen LogP contribution is -2.23. The molecule has 1 aromatic rings. The number of hydrogen-bond acceptors (Lipinski definition) is 2. The third-order valence-electron chi connectivity index (χ3n) is 3.09. The lowest BCUT2D eigenvalue weighted by molar-refractivity contribution is -0.121. The van der Waals surface area contributed by atoms with Crippen LogP contribution in [0.15, 0.2) is 18.2 Å². The van der Waals surface area contributed by atoms with Crippen molar-refractivity contribution in [1.29, 1.82) is 0 Å². The van der Waals surface area contributed by atoms with E-state index in [0.29, 0.717) is 17.5 Å². The molecule has 0 heterocycles. The van der Waals surface area contributed by atoms with Crippen LogP contribution in [0.5, 0.6) is 0 Å². The van der Waals surface area contributed by atoms with Crippen LogP contribution in [0.3, 0.4) is 0 Å². The van der Waals surface area contributed by atoms with Crippen LogP contribution in [0.4, 0.5) is 4.39 Å². The zero-order valence-electron chi connectivity index (χ0n) is 12.4.